The highest BCUT2D eigenvalue weighted by Crippen LogP contribution is 2.42. The van der Waals surface area contributed by atoms with Crippen LogP contribution in [0, 0.1) is 0 Å². The number of nitrogens with zero attached hydrogens (tertiary/aromatic N) is 1. The van der Waals surface area contributed by atoms with Gasteiger partial charge in [-0.1, -0.05) is 29.8 Å². The average Bonchev–Trinajstić information content (AvgIpc) is 2.93. The average molecular weight is 304 g/mol. The second kappa shape index (κ2) is 5.06. The Hall–Kier alpha value is -2.60. The lowest BCUT2D eigenvalue weighted by atomic mass is 9.83. The van der Waals surface area contributed by atoms with E-state index in [0.717, 1.165) is 0 Å². The summed E-state index contributed by atoms with van der Waals surface area (Å²) in [6, 6.07) is 6.94. The minimum atomic E-state index is -1.18. The molecule has 1 aliphatic rings. The monoisotopic (exact) mass is 303 g/mol. The molecule has 3 N–H and O–H groups in total. The summed E-state index contributed by atoms with van der Waals surface area (Å²) in [5.41, 5.74) is 1.18. The molecule has 0 radical (unpaired) electrons. The number of carboxylic acid groups (broad SMARTS) is 1. The van der Waals surface area contributed by atoms with E-state index < -0.39 is 11.9 Å². The molecule has 1 aromatic carbocycles. The Morgan fingerprint density at radius 3 is 2.76 bits per heavy atom. The summed E-state index contributed by atoms with van der Waals surface area (Å²) in [6.45, 7) is 0. The molecule has 1 aliphatic heterocycles. The lowest BCUT2D eigenvalue weighted by Gasteiger charge is -2.26. The van der Waals surface area contributed by atoms with Crippen molar-refractivity contribution in [2.75, 3.05) is 5.32 Å². The summed E-state index contributed by atoms with van der Waals surface area (Å²) in [5.74, 6) is -1.35. The van der Waals surface area contributed by atoms with Crippen LogP contribution in [0.4, 0.5) is 5.82 Å². The van der Waals surface area contributed by atoms with Crippen molar-refractivity contribution in [2.24, 2.45) is 0 Å². The van der Waals surface area contributed by atoms with Gasteiger partial charge < -0.3 is 10.4 Å². The molecule has 2 heterocycles. The largest absolute Gasteiger partial charge is 0.478 e. The quantitative estimate of drug-likeness (QED) is 0.755. The maximum atomic E-state index is 11.6. The highest BCUT2D eigenvalue weighted by molar-refractivity contribution is 6.31. The molecule has 0 aliphatic carbocycles. The number of halogens is 1. The number of carboxylic acids is 1. The first-order chi connectivity index (χ1) is 10.1. The molecular formula is C14H10ClN3O3. The first kappa shape index (κ1) is 13.4. The van der Waals surface area contributed by atoms with Crippen LogP contribution < -0.4 is 5.32 Å². The Morgan fingerprint density at radius 1 is 1.33 bits per heavy atom. The number of hydrogen-bond donors (Lipinski definition) is 3. The van der Waals surface area contributed by atoms with Gasteiger partial charge in [-0.2, -0.15) is 5.10 Å². The molecule has 1 unspecified atom stereocenters. The van der Waals surface area contributed by atoms with Crippen LogP contribution in [0.1, 0.15) is 17.0 Å². The maximum absolute atomic E-state index is 11.6. The van der Waals surface area contributed by atoms with Crippen LogP contribution in [0.15, 0.2) is 41.7 Å². The van der Waals surface area contributed by atoms with Crippen LogP contribution >= 0.6 is 11.6 Å². The van der Waals surface area contributed by atoms with E-state index >= 15 is 0 Å². The molecule has 3 rings (SSSR count). The minimum absolute atomic E-state index is 0.0100. The van der Waals surface area contributed by atoms with Gasteiger partial charge in [0.25, 0.3) is 0 Å². The van der Waals surface area contributed by atoms with Gasteiger partial charge in [0, 0.05) is 10.6 Å². The lowest BCUT2D eigenvalue weighted by Crippen LogP contribution is -2.24. The summed E-state index contributed by atoms with van der Waals surface area (Å²) < 4.78 is 0. The van der Waals surface area contributed by atoms with Crippen molar-refractivity contribution in [3.8, 4) is 0 Å². The van der Waals surface area contributed by atoms with Crippen molar-refractivity contribution in [3.05, 3.63) is 57.9 Å². The van der Waals surface area contributed by atoms with Gasteiger partial charge in [0.05, 0.1) is 23.4 Å². The number of fused-ring (bicyclic) bond motifs is 1. The number of rotatable bonds is 3. The highest BCUT2D eigenvalue weighted by Gasteiger charge is 2.35. The number of carbonyl (C=O) groups excluding carboxylic acids is 1. The molecule has 7 heteroatoms. The molecule has 1 atom stereocenters. The Kier molecular flexibility index (Phi) is 3.23. The number of carbonyl (C=O) groups is 2. The number of aromatic nitrogens is 2. The van der Waals surface area contributed by atoms with E-state index in [-0.39, 0.29) is 11.3 Å². The van der Waals surface area contributed by atoms with Crippen LogP contribution in [-0.4, -0.2) is 27.6 Å². The van der Waals surface area contributed by atoms with E-state index in [1.807, 2.05) is 0 Å². The summed E-state index contributed by atoms with van der Waals surface area (Å²) in [7, 11) is 0. The van der Waals surface area contributed by atoms with E-state index in [0.29, 0.717) is 28.3 Å². The highest BCUT2D eigenvalue weighted by atomic mass is 35.5. The zero-order valence-electron chi connectivity index (χ0n) is 10.6. The van der Waals surface area contributed by atoms with Crippen molar-refractivity contribution in [1.82, 2.24) is 10.2 Å². The number of aromatic amines is 1. The molecular weight excluding hydrogens is 294 g/mol. The van der Waals surface area contributed by atoms with Gasteiger partial charge in [-0.05, 0) is 11.6 Å². The van der Waals surface area contributed by atoms with E-state index in [9.17, 15) is 14.7 Å². The molecule has 0 saturated heterocycles. The third-order valence-corrected chi connectivity index (χ3v) is 3.73. The minimum Gasteiger partial charge on any atom is -0.478 e. The number of aliphatic carboxylic acids is 1. The third kappa shape index (κ3) is 2.09. The Morgan fingerprint density at radius 2 is 2.10 bits per heavy atom. The molecule has 6 nitrogen and oxygen atoms in total. The molecule has 0 spiro atoms. The fourth-order valence-electron chi connectivity index (χ4n) is 2.49. The third-order valence-electron chi connectivity index (χ3n) is 3.38. The smallest absolute Gasteiger partial charge is 0.334 e. The molecule has 2 aromatic rings. The van der Waals surface area contributed by atoms with Gasteiger partial charge >= 0.3 is 5.97 Å². The SMILES string of the molecule is O=CC1=C(C(=O)O)C(c2ccccc2Cl)c2cn[nH]c2N1. The molecule has 0 amide bonds. The number of allylic oxidation sites excluding steroid dienone is 1. The summed E-state index contributed by atoms with van der Waals surface area (Å²) >= 11 is 6.20. The fourth-order valence-corrected chi connectivity index (χ4v) is 2.74. The first-order valence-corrected chi connectivity index (χ1v) is 6.48. The van der Waals surface area contributed by atoms with Crippen molar-refractivity contribution < 1.29 is 14.7 Å². The second-order valence-corrected chi connectivity index (χ2v) is 4.94. The second-order valence-electron chi connectivity index (χ2n) is 4.53. The molecule has 1 aromatic heterocycles. The van der Waals surface area contributed by atoms with Gasteiger partial charge in [-0.3, -0.25) is 9.89 Å². The molecule has 0 bridgehead atoms. The van der Waals surface area contributed by atoms with E-state index in [1.165, 1.54) is 6.20 Å². The van der Waals surface area contributed by atoms with E-state index in [1.54, 1.807) is 24.3 Å². The predicted octanol–water partition coefficient (Wildman–Crippen LogP) is 2.16. The van der Waals surface area contributed by atoms with Gasteiger partial charge in [0.1, 0.15) is 5.82 Å². The Bertz CT molecular complexity index is 766. The van der Waals surface area contributed by atoms with Crippen molar-refractivity contribution >= 4 is 29.7 Å². The lowest BCUT2D eigenvalue weighted by molar-refractivity contribution is -0.133. The van der Waals surface area contributed by atoms with Crippen molar-refractivity contribution in [3.63, 3.8) is 0 Å². The van der Waals surface area contributed by atoms with Crippen molar-refractivity contribution in [2.45, 2.75) is 5.92 Å². The summed E-state index contributed by atoms with van der Waals surface area (Å²) in [4.78, 5) is 22.8. The molecule has 0 fully saturated rings. The molecule has 0 saturated carbocycles. The van der Waals surface area contributed by atoms with Crippen molar-refractivity contribution in [1.29, 1.82) is 0 Å². The van der Waals surface area contributed by atoms with E-state index in [4.69, 9.17) is 11.6 Å². The number of H-pyrrole nitrogens is 1. The molecule has 106 valence electrons. The predicted molar refractivity (Wildman–Crippen MR) is 76.2 cm³/mol. The van der Waals surface area contributed by atoms with Crippen LogP contribution in [0.5, 0.6) is 0 Å². The number of aldehydes is 1. The Balaban J connectivity index is 2.28. The topological polar surface area (TPSA) is 95.1 Å². The zero-order valence-corrected chi connectivity index (χ0v) is 11.4. The maximum Gasteiger partial charge on any atom is 0.334 e. The number of anilines is 1. The standard InChI is InChI=1S/C14H10ClN3O3/c15-9-4-2-1-3-7(9)11-8-5-16-18-13(8)17-10(6-19)12(11)14(20)21/h1-6,11H,(H,20,21)(H2,16,17,18). The summed E-state index contributed by atoms with van der Waals surface area (Å²) in [6.07, 6.45) is 2.01. The number of benzene rings is 1. The van der Waals surface area contributed by atoms with Crippen LogP contribution in [0.25, 0.3) is 0 Å². The first-order valence-electron chi connectivity index (χ1n) is 6.10. The van der Waals surface area contributed by atoms with Crippen LogP contribution in [-0.2, 0) is 9.59 Å². The van der Waals surface area contributed by atoms with Gasteiger partial charge in [-0.25, -0.2) is 4.79 Å². The van der Waals surface area contributed by atoms with Crippen LogP contribution in [0.3, 0.4) is 0 Å². The van der Waals surface area contributed by atoms with Gasteiger partial charge in [0.2, 0.25) is 0 Å². The van der Waals surface area contributed by atoms with Gasteiger partial charge in [0.15, 0.2) is 6.29 Å². The Labute approximate surface area is 124 Å². The summed E-state index contributed by atoms with van der Waals surface area (Å²) in [5, 5.41) is 19.3. The normalized spacial score (nSPS) is 17.1. The van der Waals surface area contributed by atoms with Gasteiger partial charge in [-0.15, -0.1) is 0 Å². The number of nitrogens with one attached hydrogen (secondary N) is 2. The fraction of sp³-hybridized carbons (Fsp3) is 0.0714. The molecule has 21 heavy (non-hydrogen) atoms. The zero-order chi connectivity index (χ0) is 15.0. The van der Waals surface area contributed by atoms with E-state index in [2.05, 4.69) is 15.5 Å². The number of hydrogen-bond acceptors (Lipinski definition) is 4. The van der Waals surface area contributed by atoms with Crippen LogP contribution in [0.2, 0.25) is 5.02 Å².